The van der Waals surface area contributed by atoms with Gasteiger partial charge in [0.2, 0.25) is 0 Å². The zero-order valence-corrected chi connectivity index (χ0v) is 6.47. The highest BCUT2D eigenvalue weighted by atomic mass is 35.5. The van der Waals surface area contributed by atoms with Gasteiger partial charge in [0.1, 0.15) is 17.5 Å². The molecule has 0 radical (unpaired) electrons. The molecule has 0 saturated carbocycles. The van der Waals surface area contributed by atoms with Crippen molar-refractivity contribution >= 4 is 11.6 Å². The third-order valence-electron chi connectivity index (χ3n) is 1.01. The van der Waals surface area contributed by atoms with Crippen LogP contribution in [0.3, 0.4) is 0 Å². The van der Waals surface area contributed by atoms with Crippen molar-refractivity contribution in [1.82, 2.24) is 4.98 Å². The van der Waals surface area contributed by atoms with E-state index >= 15 is 0 Å². The largest absolute Gasteiger partial charge is 0.384 e. The van der Waals surface area contributed by atoms with Crippen molar-refractivity contribution in [1.29, 1.82) is 0 Å². The summed E-state index contributed by atoms with van der Waals surface area (Å²) in [6.07, 6.45) is 0. The van der Waals surface area contributed by atoms with Crippen molar-refractivity contribution < 1.29 is 5.11 Å². The summed E-state index contributed by atoms with van der Waals surface area (Å²) in [4.78, 5) is 3.89. The topological polar surface area (TPSA) is 33.1 Å². The zero-order chi connectivity index (χ0) is 8.10. The average Bonchev–Trinajstić information content (AvgIpc) is 2.01. The summed E-state index contributed by atoms with van der Waals surface area (Å²) in [5.41, 5.74) is 0.576. The van der Waals surface area contributed by atoms with Crippen LogP contribution in [0.5, 0.6) is 0 Å². The Labute approximate surface area is 69.8 Å². The van der Waals surface area contributed by atoms with Gasteiger partial charge in [0.05, 0.1) is 0 Å². The summed E-state index contributed by atoms with van der Waals surface area (Å²) in [6.45, 7) is -0.159. The molecule has 0 aromatic carbocycles. The smallest absolute Gasteiger partial charge is 0.130 e. The Morgan fingerprint density at radius 3 is 3.00 bits per heavy atom. The van der Waals surface area contributed by atoms with Gasteiger partial charge in [0.25, 0.3) is 0 Å². The molecule has 0 aliphatic rings. The summed E-state index contributed by atoms with van der Waals surface area (Å²) in [6, 6.07) is 5.16. The van der Waals surface area contributed by atoms with Gasteiger partial charge in [-0.05, 0) is 18.1 Å². The molecule has 0 saturated heterocycles. The molecule has 1 N–H and O–H groups in total. The van der Waals surface area contributed by atoms with Crippen LogP contribution >= 0.6 is 11.6 Å². The second-order valence-corrected chi connectivity index (χ2v) is 2.19. The van der Waals surface area contributed by atoms with E-state index < -0.39 is 0 Å². The molecule has 0 bridgehead atoms. The van der Waals surface area contributed by atoms with E-state index in [9.17, 15) is 0 Å². The second kappa shape index (κ2) is 3.97. The molecule has 0 atom stereocenters. The number of aliphatic hydroxyl groups is 1. The normalized spacial score (nSPS) is 8.55. The Bertz CT molecular complexity index is 300. The summed E-state index contributed by atoms with van der Waals surface area (Å²) < 4.78 is 0. The SMILES string of the molecule is OCC#Cc1cccc(Cl)n1. The molecule has 1 aromatic heterocycles. The standard InChI is InChI=1S/C8H6ClNO/c9-8-5-1-3-7(10-8)4-2-6-11/h1,3,5,11H,6H2. The number of halogens is 1. The van der Waals surface area contributed by atoms with Crippen LogP contribution in [0.1, 0.15) is 5.69 Å². The van der Waals surface area contributed by atoms with Gasteiger partial charge in [-0.25, -0.2) is 4.98 Å². The Morgan fingerprint density at radius 2 is 2.36 bits per heavy atom. The van der Waals surface area contributed by atoms with Crippen LogP contribution in [0, 0.1) is 11.8 Å². The van der Waals surface area contributed by atoms with Gasteiger partial charge in [-0.2, -0.15) is 0 Å². The molecular weight excluding hydrogens is 162 g/mol. The van der Waals surface area contributed by atoms with E-state index in [0.29, 0.717) is 10.8 Å². The minimum absolute atomic E-state index is 0.159. The fraction of sp³-hybridized carbons (Fsp3) is 0.125. The fourth-order valence-corrected chi connectivity index (χ4v) is 0.772. The Hall–Kier alpha value is -1.04. The van der Waals surface area contributed by atoms with Crippen molar-refractivity contribution in [2.45, 2.75) is 0 Å². The molecule has 1 rings (SSSR count). The number of aliphatic hydroxyl groups excluding tert-OH is 1. The van der Waals surface area contributed by atoms with E-state index in [1.807, 2.05) is 0 Å². The van der Waals surface area contributed by atoms with Gasteiger partial charge in [-0.3, -0.25) is 0 Å². The molecule has 0 spiro atoms. The maximum Gasteiger partial charge on any atom is 0.130 e. The van der Waals surface area contributed by atoms with Crippen LogP contribution in [-0.2, 0) is 0 Å². The van der Waals surface area contributed by atoms with Crippen LogP contribution < -0.4 is 0 Å². The number of rotatable bonds is 0. The van der Waals surface area contributed by atoms with E-state index in [1.54, 1.807) is 18.2 Å². The molecule has 0 aliphatic carbocycles. The minimum atomic E-state index is -0.159. The van der Waals surface area contributed by atoms with Gasteiger partial charge in [0.15, 0.2) is 0 Å². The highest BCUT2D eigenvalue weighted by Crippen LogP contribution is 2.03. The molecule has 11 heavy (non-hydrogen) atoms. The molecule has 0 fully saturated rings. The predicted octanol–water partition coefficient (Wildman–Crippen LogP) is 1.08. The van der Waals surface area contributed by atoms with Crippen molar-refractivity contribution in [3.8, 4) is 11.8 Å². The van der Waals surface area contributed by atoms with E-state index in [2.05, 4.69) is 16.8 Å². The maximum absolute atomic E-state index is 8.36. The van der Waals surface area contributed by atoms with Crippen LogP contribution in [0.25, 0.3) is 0 Å². The van der Waals surface area contributed by atoms with Gasteiger partial charge in [0, 0.05) is 0 Å². The molecule has 1 aromatic rings. The van der Waals surface area contributed by atoms with Crippen LogP contribution in [0.4, 0.5) is 0 Å². The third kappa shape index (κ3) is 2.58. The van der Waals surface area contributed by atoms with Crippen molar-refractivity contribution in [3.05, 3.63) is 29.0 Å². The Morgan fingerprint density at radius 1 is 1.55 bits per heavy atom. The van der Waals surface area contributed by atoms with E-state index in [-0.39, 0.29) is 6.61 Å². The van der Waals surface area contributed by atoms with Crippen molar-refractivity contribution in [2.75, 3.05) is 6.61 Å². The van der Waals surface area contributed by atoms with Crippen LogP contribution in [0.2, 0.25) is 5.15 Å². The highest BCUT2D eigenvalue weighted by molar-refractivity contribution is 6.29. The molecule has 2 nitrogen and oxygen atoms in total. The summed E-state index contributed by atoms with van der Waals surface area (Å²) in [5.74, 6) is 5.12. The number of pyridine rings is 1. The lowest BCUT2D eigenvalue weighted by Gasteiger charge is -1.88. The van der Waals surface area contributed by atoms with Crippen LogP contribution in [0.15, 0.2) is 18.2 Å². The summed E-state index contributed by atoms with van der Waals surface area (Å²) in [7, 11) is 0. The van der Waals surface area contributed by atoms with E-state index in [1.165, 1.54) is 0 Å². The molecule has 0 aliphatic heterocycles. The van der Waals surface area contributed by atoms with Gasteiger partial charge >= 0.3 is 0 Å². The number of hydrogen-bond donors (Lipinski definition) is 1. The first-order valence-electron chi connectivity index (χ1n) is 3.05. The quantitative estimate of drug-likeness (QED) is 0.463. The number of aromatic nitrogens is 1. The number of hydrogen-bond acceptors (Lipinski definition) is 2. The third-order valence-corrected chi connectivity index (χ3v) is 1.22. The summed E-state index contributed by atoms with van der Waals surface area (Å²) >= 11 is 5.58. The fourth-order valence-electron chi connectivity index (χ4n) is 0.608. The van der Waals surface area contributed by atoms with E-state index in [4.69, 9.17) is 16.7 Å². The Balaban J connectivity index is 2.87. The predicted molar refractivity (Wildman–Crippen MR) is 43.2 cm³/mol. The molecule has 1 heterocycles. The monoisotopic (exact) mass is 167 g/mol. The van der Waals surface area contributed by atoms with Gasteiger partial charge in [-0.1, -0.05) is 23.6 Å². The lowest BCUT2D eigenvalue weighted by atomic mass is 10.3. The first kappa shape index (κ1) is 8.06. The lowest BCUT2D eigenvalue weighted by molar-refractivity contribution is 0.350. The molecule has 0 unspecified atom stereocenters. The molecule has 0 amide bonds. The molecular formula is C8H6ClNO. The zero-order valence-electron chi connectivity index (χ0n) is 5.71. The highest BCUT2D eigenvalue weighted by Gasteiger charge is 1.88. The van der Waals surface area contributed by atoms with E-state index in [0.717, 1.165) is 0 Å². The molecule has 3 heteroatoms. The molecule has 56 valence electrons. The minimum Gasteiger partial charge on any atom is -0.384 e. The second-order valence-electron chi connectivity index (χ2n) is 1.81. The van der Waals surface area contributed by atoms with Gasteiger partial charge in [-0.15, -0.1) is 0 Å². The van der Waals surface area contributed by atoms with Crippen LogP contribution in [-0.4, -0.2) is 16.7 Å². The first-order valence-corrected chi connectivity index (χ1v) is 3.43. The number of nitrogens with zero attached hydrogens (tertiary/aromatic N) is 1. The lowest BCUT2D eigenvalue weighted by Crippen LogP contribution is -1.82. The summed E-state index contributed by atoms with van der Waals surface area (Å²) in [5, 5.41) is 8.77. The first-order chi connectivity index (χ1) is 5.33. The Kier molecular flexibility index (Phi) is 2.91. The average molecular weight is 168 g/mol. The van der Waals surface area contributed by atoms with Crippen molar-refractivity contribution in [3.63, 3.8) is 0 Å². The van der Waals surface area contributed by atoms with Crippen molar-refractivity contribution in [2.24, 2.45) is 0 Å². The van der Waals surface area contributed by atoms with Gasteiger partial charge < -0.3 is 5.11 Å². The maximum atomic E-state index is 8.36.